The van der Waals surface area contributed by atoms with E-state index < -0.39 is 64.0 Å². The van der Waals surface area contributed by atoms with Gasteiger partial charge < -0.3 is 28.8 Å². The summed E-state index contributed by atoms with van der Waals surface area (Å²) < 4.78 is 29.9. The third kappa shape index (κ3) is 5.41. The minimum atomic E-state index is -1.55. The number of carbonyl (C=O) groups excluding carboxylic acids is 4. The smallest absolute Gasteiger partial charge is 0.338 e. The highest BCUT2D eigenvalue weighted by Gasteiger charge is 2.78. The van der Waals surface area contributed by atoms with Gasteiger partial charge >= 0.3 is 23.9 Å². The summed E-state index contributed by atoms with van der Waals surface area (Å²) in [6.45, 7) is 5.13. The van der Waals surface area contributed by atoms with Gasteiger partial charge in [-0.25, -0.2) is 14.4 Å². The molecule has 0 aromatic heterocycles. The second-order valence-electron chi connectivity index (χ2n) is 13.4. The molecule has 0 radical (unpaired) electrons. The van der Waals surface area contributed by atoms with E-state index in [1.165, 1.54) is 13.0 Å². The highest BCUT2D eigenvalue weighted by atomic mass is 16.6. The van der Waals surface area contributed by atoms with Crippen LogP contribution in [0, 0.1) is 16.7 Å². The molecule has 244 valence electrons. The van der Waals surface area contributed by atoms with E-state index in [9.17, 15) is 24.3 Å². The van der Waals surface area contributed by atoms with E-state index in [1.807, 2.05) is 6.92 Å². The quantitative estimate of drug-likeness (QED) is 0.237. The summed E-state index contributed by atoms with van der Waals surface area (Å²) in [5.41, 5.74) is -3.27. The number of rotatable bonds is 9. The van der Waals surface area contributed by atoms with Crippen molar-refractivity contribution < 1.29 is 48.0 Å². The van der Waals surface area contributed by atoms with Crippen LogP contribution in [0.2, 0.25) is 0 Å². The molecule has 7 atom stereocenters. The lowest BCUT2D eigenvalue weighted by molar-refractivity contribution is -0.283. The lowest BCUT2D eigenvalue weighted by atomic mass is 9.41. The number of hydrogen-bond donors (Lipinski definition) is 1. The van der Waals surface area contributed by atoms with Gasteiger partial charge in [-0.1, -0.05) is 49.7 Å². The molecule has 2 aliphatic heterocycles. The molecular weight excluding hydrogens is 592 g/mol. The fourth-order valence-corrected chi connectivity index (χ4v) is 8.39. The van der Waals surface area contributed by atoms with Gasteiger partial charge in [-0.2, -0.15) is 0 Å². The maximum atomic E-state index is 13.7. The molecule has 2 heterocycles. The molecule has 2 aromatic carbocycles. The third-order valence-corrected chi connectivity index (χ3v) is 10.9. The van der Waals surface area contributed by atoms with E-state index in [0.29, 0.717) is 36.1 Å². The molecule has 6 rings (SSSR count). The molecule has 1 spiro atoms. The summed E-state index contributed by atoms with van der Waals surface area (Å²) in [5.74, 6) is -2.64. The van der Waals surface area contributed by atoms with Gasteiger partial charge in [0.15, 0.2) is 0 Å². The molecule has 3 fully saturated rings. The van der Waals surface area contributed by atoms with Crippen molar-refractivity contribution in [3.63, 3.8) is 0 Å². The Morgan fingerprint density at radius 1 is 1.00 bits per heavy atom. The minimum Gasteiger partial charge on any atom is -0.462 e. The highest BCUT2D eigenvalue weighted by Crippen LogP contribution is 2.70. The second kappa shape index (κ2) is 12.0. The van der Waals surface area contributed by atoms with Crippen molar-refractivity contribution in [2.45, 2.75) is 76.3 Å². The maximum Gasteiger partial charge on any atom is 0.338 e. The molecule has 2 aromatic rings. The number of carbonyl (C=O) groups is 4. The number of esters is 4. The van der Waals surface area contributed by atoms with E-state index in [2.05, 4.69) is 0 Å². The average Bonchev–Trinajstić information content (AvgIpc) is 3.70. The normalized spacial score (nSPS) is 33.7. The molecule has 0 bridgehead atoms. The molecule has 0 unspecified atom stereocenters. The number of ether oxygens (including phenoxy) is 5. The van der Waals surface area contributed by atoms with E-state index in [0.717, 1.165) is 6.42 Å². The van der Waals surface area contributed by atoms with Crippen LogP contribution >= 0.6 is 0 Å². The van der Waals surface area contributed by atoms with Gasteiger partial charge in [-0.15, -0.1) is 0 Å². The Labute approximate surface area is 268 Å². The Bertz CT molecular complexity index is 1530. The monoisotopic (exact) mass is 632 g/mol. The van der Waals surface area contributed by atoms with Gasteiger partial charge in [0, 0.05) is 31.3 Å². The SMILES string of the molecule is CC(=O)O[C@@H](CC1=CC(=O)OC1)[C@]1(C)[C@H]2CCC[C@]3(CO3)[C@]2(COC(=O)c2ccccc2)[C@@H](OC(=O)c2ccccc2)C[C@]1(C)O. The fraction of sp³-hybridized carbons (Fsp3) is 0.500. The summed E-state index contributed by atoms with van der Waals surface area (Å²) >= 11 is 0. The Morgan fingerprint density at radius 3 is 2.20 bits per heavy atom. The second-order valence-corrected chi connectivity index (χ2v) is 13.4. The number of hydrogen-bond acceptors (Lipinski definition) is 10. The zero-order chi connectivity index (χ0) is 32.7. The van der Waals surface area contributed by atoms with Crippen molar-refractivity contribution >= 4 is 23.9 Å². The number of benzene rings is 2. The van der Waals surface area contributed by atoms with Crippen molar-refractivity contribution in [1.29, 1.82) is 0 Å². The lowest BCUT2D eigenvalue weighted by Gasteiger charge is -2.66. The number of cyclic esters (lactones) is 1. The van der Waals surface area contributed by atoms with Crippen LogP contribution in [0.25, 0.3) is 0 Å². The Hall–Kier alpha value is -4.02. The van der Waals surface area contributed by atoms with Crippen LogP contribution in [0.15, 0.2) is 72.3 Å². The topological polar surface area (TPSA) is 138 Å². The Balaban J connectivity index is 1.47. The Kier molecular flexibility index (Phi) is 8.31. The van der Waals surface area contributed by atoms with Gasteiger partial charge in [-0.3, -0.25) is 4.79 Å². The first-order chi connectivity index (χ1) is 21.9. The fourth-order valence-electron chi connectivity index (χ4n) is 8.39. The van der Waals surface area contributed by atoms with Gasteiger partial charge in [0.2, 0.25) is 0 Å². The number of epoxide rings is 1. The summed E-state index contributed by atoms with van der Waals surface area (Å²) in [5, 5.41) is 12.5. The van der Waals surface area contributed by atoms with Crippen LogP contribution in [-0.2, 0) is 33.3 Å². The number of aliphatic hydroxyl groups is 1. The Morgan fingerprint density at radius 2 is 1.63 bits per heavy atom. The van der Waals surface area contributed by atoms with E-state index >= 15 is 0 Å². The standard InChI is InChI=1S/C36H40O10/c1-23(37)45-28(17-24-18-30(38)42-20-24)34(3)27-15-10-16-35(21-44-35)36(27,22-43-31(39)25-11-6-4-7-12-25)29(19-33(34,2)41)46-32(40)26-13-8-5-9-14-26/h4-9,11-14,18,27-29,41H,10,15-17,19-22H2,1-3H3/t27-,28+,29+,33+,34+,35+,36+/m1/s1. The average molecular weight is 633 g/mol. The predicted molar refractivity (Wildman–Crippen MR) is 163 cm³/mol. The van der Waals surface area contributed by atoms with Crippen molar-refractivity contribution in [3.05, 3.63) is 83.4 Å². The molecular formula is C36H40O10. The van der Waals surface area contributed by atoms with E-state index in [-0.39, 0.29) is 26.1 Å². The van der Waals surface area contributed by atoms with Crippen molar-refractivity contribution in [2.75, 3.05) is 19.8 Å². The minimum absolute atomic E-state index is 0.0428. The maximum absolute atomic E-state index is 13.7. The van der Waals surface area contributed by atoms with Crippen LogP contribution in [0.3, 0.4) is 0 Å². The molecule has 10 nitrogen and oxygen atoms in total. The summed E-state index contributed by atoms with van der Waals surface area (Å²) in [7, 11) is 0. The molecule has 46 heavy (non-hydrogen) atoms. The molecule has 1 N–H and O–H groups in total. The summed E-state index contributed by atoms with van der Waals surface area (Å²) in [6.07, 6.45) is 1.59. The van der Waals surface area contributed by atoms with Crippen molar-refractivity contribution in [2.24, 2.45) is 16.7 Å². The molecule has 0 amide bonds. The lowest BCUT2D eigenvalue weighted by Crippen LogP contribution is -2.74. The number of fused-ring (bicyclic) bond motifs is 2. The van der Waals surface area contributed by atoms with Crippen molar-refractivity contribution in [1.82, 2.24) is 0 Å². The van der Waals surface area contributed by atoms with Crippen LogP contribution in [0.4, 0.5) is 0 Å². The van der Waals surface area contributed by atoms with Gasteiger partial charge in [0.25, 0.3) is 0 Å². The van der Waals surface area contributed by atoms with E-state index in [1.54, 1.807) is 67.6 Å². The molecule has 2 saturated carbocycles. The molecule has 10 heteroatoms. The van der Waals surface area contributed by atoms with E-state index in [4.69, 9.17) is 23.7 Å². The van der Waals surface area contributed by atoms with Crippen LogP contribution < -0.4 is 0 Å². The first-order valence-electron chi connectivity index (χ1n) is 15.8. The van der Waals surface area contributed by atoms with Gasteiger partial charge in [0.1, 0.15) is 31.0 Å². The molecule has 1 saturated heterocycles. The molecule has 2 aliphatic carbocycles. The highest BCUT2D eigenvalue weighted by molar-refractivity contribution is 5.90. The third-order valence-electron chi connectivity index (χ3n) is 10.9. The first kappa shape index (κ1) is 31.9. The molecule has 4 aliphatic rings. The zero-order valence-electron chi connectivity index (χ0n) is 26.4. The zero-order valence-corrected chi connectivity index (χ0v) is 26.4. The predicted octanol–water partition coefficient (Wildman–Crippen LogP) is 4.59. The first-order valence-corrected chi connectivity index (χ1v) is 15.8. The van der Waals surface area contributed by atoms with Crippen LogP contribution in [0.5, 0.6) is 0 Å². The van der Waals surface area contributed by atoms with Crippen LogP contribution in [-0.4, -0.2) is 72.2 Å². The summed E-state index contributed by atoms with van der Waals surface area (Å²) in [4.78, 5) is 51.7. The van der Waals surface area contributed by atoms with Crippen molar-refractivity contribution in [3.8, 4) is 0 Å². The van der Waals surface area contributed by atoms with Crippen LogP contribution in [0.1, 0.15) is 73.6 Å². The van der Waals surface area contributed by atoms with Gasteiger partial charge in [0.05, 0.1) is 28.7 Å². The van der Waals surface area contributed by atoms with Gasteiger partial charge in [-0.05, 0) is 55.5 Å². The largest absolute Gasteiger partial charge is 0.462 e. The summed E-state index contributed by atoms with van der Waals surface area (Å²) in [6, 6.07) is 17.2.